The van der Waals surface area contributed by atoms with E-state index in [9.17, 15) is 14.7 Å². The molecule has 6 atom stereocenters. The summed E-state index contributed by atoms with van der Waals surface area (Å²) in [6.45, 7) is 9.40. The van der Waals surface area contributed by atoms with Crippen molar-refractivity contribution in [2.75, 3.05) is 33.8 Å². The third-order valence-electron chi connectivity index (χ3n) is 12.8. The first-order valence-electron chi connectivity index (χ1n) is 23.2. The van der Waals surface area contributed by atoms with Crippen molar-refractivity contribution in [2.45, 2.75) is 115 Å². The summed E-state index contributed by atoms with van der Waals surface area (Å²) in [5.41, 5.74) is 5.38. The number of nitrogens with zero attached hydrogens (tertiary/aromatic N) is 1. The molecule has 2 heterocycles. The van der Waals surface area contributed by atoms with Gasteiger partial charge in [-0.15, -0.1) is 0 Å². The number of ether oxygens (including phenoxy) is 5. The smallest absolute Gasteiger partial charge is 0.242 e. The Bertz CT molecular complexity index is 2320. The molecule has 5 aromatic carbocycles. The van der Waals surface area contributed by atoms with Gasteiger partial charge in [-0.3, -0.25) is 9.59 Å². The van der Waals surface area contributed by atoms with E-state index >= 15 is 0 Å². The molecule has 66 heavy (non-hydrogen) atoms. The molecule has 2 fully saturated rings. The van der Waals surface area contributed by atoms with E-state index in [2.05, 4.69) is 54.0 Å². The van der Waals surface area contributed by atoms with E-state index in [1.165, 1.54) is 0 Å². The molecular formula is C55H67N3O8. The maximum Gasteiger partial charge on any atom is 0.242 e. The van der Waals surface area contributed by atoms with Gasteiger partial charge in [0.15, 0.2) is 5.60 Å². The number of likely N-dealkylation sites (N-methyl/N-ethyl adjacent to an activating group) is 1. The first-order chi connectivity index (χ1) is 31.8. The molecule has 3 N–H and O–H groups in total. The van der Waals surface area contributed by atoms with Crippen molar-refractivity contribution in [1.29, 1.82) is 0 Å². The van der Waals surface area contributed by atoms with Crippen LogP contribution < -0.4 is 10.6 Å². The Kier molecular flexibility index (Phi) is 16.3. The van der Waals surface area contributed by atoms with E-state index in [-0.39, 0.29) is 38.2 Å². The number of hydrogen-bond donors (Lipinski definition) is 3. The first kappa shape index (κ1) is 48.7. The minimum atomic E-state index is -1.48. The molecule has 0 spiro atoms. The van der Waals surface area contributed by atoms with E-state index in [0.29, 0.717) is 25.8 Å². The highest BCUT2D eigenvalue weighted by molar-refractivity contribution is 5.87. The number of aryl methyl sites for hydroxylation is 2. The van der Waals surface area contributed by atoms with Crippen LogP contribution in [0.5, 0.6) is 0 Å². The summed E-state index contributed by atoms with van der Waals surface area (Å²) in [4.78, 5) is 27.0. The van der Waals surface area contributed by atoms with Crippen LogP contribution in [0.2, 0.25) is 0 Å². The van der Waals surface area contributed by atoms with Crippen LogP contribution in [0.3, 0.4) is 0 Å². The lowest BCUT2D eigenvalue weighted by Gasteiger charge is -2.54. The van der Waals surface area contributed by atoms with Crippen molar-refractivity contribution < 1.29 is 38.4 Å². The molecule has 0 aliphatic carbocycles. The average Bonchev–Trinajstić information content (AvgIpc) is 3.68. The molecule has 0 radical (unpaired) electrons. The normalized spacial score (nSPS) is 22.0. The zero-order valence-corrected chi connectivity index (χ0v) is 39.3. The van der Waals surface area contributed by atoms with E-state index in [1.807, 2.05) is 116 Å². The molecule has 2 aliphatic heterocycles. The maximum absolute atomic E-state index is 12.7. The van der Waals surface area contributed by atoms with Gasteiger partial charge in [-0.1, -0.05) is 127 Å². The number of amides is 2. The Morgan fingerprint density at radius 2 is 1.33 bits per heavy atom. The second-order valence-corrected chi connectivity index (χ2v) is 18.6. The number of carbonyl (C=O) groups excluding carboxylic acids is 2. The second-order valence-electron chi connectivity index (χ2n) is 18.6. The summed E-state index contributed by atoms with van der Waals surface area (Å²) >= 11 is 0. The van der Waals surface area contributed by atoms with Crippen LogP contribution in [-0.2, 0) is 71.7 Å². The molecule has 2 aliphatic rings. The van der Waals surface area contributed by atoms with Gasteiger partial charge in [0, 0.05) is 25.1 Å². The minimum Gasteiger partial charge on any atom is -0.387 e. The monoisotopic (exact) mass is 897 g/mol. The molecule has 7 rings (SSSR count). The van der Waals surface area contributed by atoms with Gasteiger partial charge in [0.05, 0.1) is 32.0 Å². The average molecular weight is 898 g/mol. The van der Waals surface area contributed by atoms with E-state index in [0.717, 1.165) is 57.5 Å². The van der Waals surface area contributed by atoms with Gasteiger partial charge in [-0.25, -0.2) is 0 Å². The maximum atomic E-state index is 12.7. The van der Waals surface area contributed by atoms with E-state index in [4.69, 9.17) is 23.7 Å². The summed E-state index contributed by atoms with van der Waals surface area (Å²) < 4.78 is 35.2. The van der Waals surface area contributed by atoms with Crippen LogP contribution in [-0.4, -0.2) is 91.2 Å². The summed E-state index contributed by atoms with van der Waals surface area (Å²) in [6.07, 6.45) is 0.00360. The van der Waals surface area contributed by atoms with Crippen LogP contribution in [0.1, 0.15) is 78.1 Å². The lowest BCUT2D eigenvalue weighted by Crippen LogP contribution is -2.72. The lowest BCUT2D eigenvalue weighted by atomic mass is 9.74. The zero-order valence-electron chi connectivity index (χ0n) is 39.3. The van der Waals surface area contributed by atoms with Crippen LogP contribution >= 0.6 is 0 Å². The quantitative estimate of drug-likeness (QED) is 0.0645. The van der Waals surface area contributed by atoms with Gasteiger partial charge < -0.3 is 44.3 Å². The van der Waals surface area contributed by atoms with Crippen molar-refractivity contribution in [3.63, 3.8) is 0 Å². The van der Waals surface area contributed by atoms with E-state index < -0.39 is 41.3 Å². The van der Waals surface area contributed by atoms with Crippen molar-refractivity contribution in [3.05, 3.63) is 178 Å². The lowest BCUT2D eigenvalue weighted by molar-refractivity contribution is -0.369. The molecule has 11 heteroatoms. The fraction of sp³-hybridized carbons (Fsp3) is 0.418. The molecular weight excluding hydrogens is 831 g/mol. The fourth-order valence-corrected chi connectivity index (χ4v) is 8.83. The van der Waals surface area contributed by atoms with Crippen molar-refractivity contribution in [1.82, 2.24) is 15.5 Å². The summed E-state index contributed by atoms with van der Waals surface area (Å²) in [7, 11) is 3.89. The van der Waals surface area contributed by atoms with Gasteiger partial charge >= 0.3 is 0 Å². The molecule has 0 saturated carbocycles. The Morgan fingerprint density at radius 1 is 0.773 bits per heavy atom. The Balaban J connectivity index is 1.13. The molecule has 5 aromatic rings. The highest BCUT2D eigenvalue weighted by atomic mass is 16.8. The highest BCUT2D eigenvalue weighted by Gasteiger charge is 2.73. The van der Waals surface area contributed by atoms with Crippen molar-refractivity contribution in [2.24, 2.45) is 0 Å². The largest absolute Gasteiger partial charge is 0.387 e. The number of rotatable bonds is 22. The minimum absolute atomic E-state index is 0.0318. The Morgan fingerprint density at radius 3 is 1.91 bits per heavy atom. The predicted octanol–water partition coefficient (Wildman–Crippen LogP) is 7.57. The third kappa shape index (κ3) is 11.8. The fourth-order valence-electron chi connectivity index (χ4n) is 8.83. The van der Waals surface area contributed by atoms with E-state index in [1.54, 1.807) is 20.8 Å². The molecule has 2 amide bonds. The number of aliphatic hydroxyl groups is 1. The van der Waals surface area contributed by atoms with Crippen LogP contribution in [0.15, 0.2) is 133 Å². The van der Waals surface area contributed by atoms with Gasteiger partial charge in [-0.2, -0.15) is 0 Å². The number of hydrogen-bond acceptors (Lipinski definition) is 9. The zero-order chi connectivity index (χ0) is 46.7. The highest BCUT2D eigenvalue weighted by Crippen LogP contribution is 2.56. The molecule has 1 unspecified atom stereocenters. The standard InChI is InChI=1S/C55H67N3O8/c1-39-25-30-47(34-46(39)33-42-28-26-41(27-29-42)23-16-24-48(59)57-40(2)52(60)56-31-32-58(5)6)55-51(64-37-45-21-14-9-15-22-45)49(62-35-43-17-10-7-11-18-43)50(63-36-44-19-12-8-13-20-44)54(66-55,38-65-55)53(3,4)61/h7-15,17-22,25-30,34,40,49-51,61H,16,23-24,31-33,35-38H2,1-6H3,(H,56,60)(H,57,59)/t40?,49-,50-,51+,54-,55-/m0/s1. The molecule has 11 nitrogen and oxygen atoms in total. The second kappa shape index (κ2) is 22.0. The van der Waals surface area contributed by atoms with Gasteiger partial charge in [0.1, 0.15) is 24.4 Å². The molecule has 2 bridgehead atoms. The molecule has 2 saturated heterocycles. The number of fused-ring (bicyclic) bond motifs is 2. The van der Waals surface area contributed by atoms with Gasteiger partial charge in [0.25, 0.3) is 0 Å². The third-order valence-corrected chi connectivity index (χ3v) is 12.8. The van der Waals surface area contributed by atoms with Crippen LogP contribution in [0.25, 0.3) is 0 Å². The Hall–Kier alpha value is -5.24. The van der Waals surface area contributed by atoms with Crippen LogP contribution in [0.4, 0.5) is 0 Å². The molecule has 0 aromatic heterocycles. The Labute approximate surface area is 390 Å². The topological polar surface area (TPSA) is 128 Å². The number of nitrogens with one attached hydrogen (secondary N) is 2. The van der Waals surface area contributed by atoms with Gasteiger partial charge in [-0.05, 0) is 106 Å². The summed E-state index contributed by atoms with van der Waals surface area (Å²) in [6, 6.07) is 44.2. The summed E-state index contributed by atoms with van der Waals surface area (Å²) in [5.74, 6) is -1.80. The number of benzene rings is 5. The molecule has 350 valence electrons. The van der Waals surface area contributed by atoms with Crippen LogP contribution in [0, 0.1) is 6.92 Å². The van der Waals surface area contributed by atoms with Crippen molar-refractivity contribution >= 4 is 11.8 Å². The van der Waals surface area contributed by atoms with Crippen molar-refractivity contribution in [3.8, 4) is 0 Å². The SMILES string of the molecule is Cc1ccc([C@]23OC[C@](C(C)(C)O)(O2)[C@@H](OCc2ccccc2)[C@H](OCc2ccccc2)[C@H]3OCc2ccccc2)cc1Cc1ccc(CCCC(=O)NC(C)C(=O)NCCN(C)C)cc1. The van der Waals surface area contributed by atoms with Gasteiger partial charge in [0.2, 0.25) is 17.6 Å². The first-order valence-corrected chi connectivity index (χ1v) is 23.2. The number of carbonyl (C=O) groups is 2. The summed E-state index contributed by atoms with van der Waals surface area (Å²) in [5, 5.41) is 17.9. The predicted molar refractivity (Wildman–Crippen MR) is 255 cm³/mol.